The van der Waals surface area contributed by atoms with Crippen molar-refractivity contribution in [2.24, 2.45) is 0 Å². The Kier molecular flexibility index (Phi) is 5.04. The lowest BCUT2D eigenvalue weighted by Gasteiger charge is -2.23. The van der Waals surface area contributed by atoms with Gasteiger partial charge in [0.05, 0.1) is 13.0 Å². The van der Waals surface area contributed by atoms with E-state index in [1.807, 2.05) is 43.2 Å². The highest BCUT2D eigenvalue weighted by Gasteiger charge is 2.32. The molecule has 0 saturated heterocycles. The van der Waals surface area contributed by atoms with Crippen molar-refractivity contribution < 1.29 is 14.3 Å². The molecule has 1 fully saturated rings. The minimum Gasteiger partial charge on any atom is -0.460 e. The summed E-state index contributed by atoms with van der Waals surface area (Å²) in [6.07, 6.45) is 2.54. The zero-order valence-corrected chi connectivity index (χ0v) is 13.7. The topological polar surface area (TPSA) is 46.6 Å². The van der Waals surface area contributed by atoms with Crippen LogP contribution in [0.1, 0.15) is 51.3 Å². The Morgan fingerprint density at radius 3 is 2.57 bits per heavy atom. The summed E-state index contributed by atoms with van der Waals surface area (Å²) in [6.45, 7) is 6.16. The van der Waals surface area contributed by atoms with Gasteiger partial charge in [-0.25, -0.2) is 0 Å². The molecule has 2 rings (SSSR count). The molecule has 116 valence electrons. The fourth-order valence-electron chi connectivity index (χ4n) is 2.12. The van der Waals surface area contributed by atoms with Crippen molar-refractivity contribution >= 4 is 23.2 Å². The summed E-state index contributed by atoms with van der Waals surface area (Å²) in [5, 5.41) is 2.02. The molecule has 1 amide bonds. The molecule has 0 spiro atoms. The molecule has 0 bridgehead atoms. The highest BCUT2D eigenvalue weighted by molar-refractivity contribution is 7.09. The number of hydrogen-bond donors (Lipinski definition) is 0. The fourth-order valence-corrected chi connectivity index (χ4v) is 2.83. The number of rotatable bonds is 6. The van der Waals surface area contributed by atoms with E-state index in [4.69, 9.17) is 4.74 Å². The lowest BCUT2D eigenvalue weighted by molar-refractivity contribution is -0.156. The third-order valence-electron chi connectivity index (χ3n) is 3.18. The van der Waals surface area contributed by atoms with Crippen LogP contribution in [0.2, 0.25) is 0 Å². The Morgan fingerprint density at radius 2 is 2.05 bits per heavy atom. The number of carbonyl (C=O) groups excluding carboxylic acids is 2. The van der Waals surface area contributed by atoms with Crippen LogP contribution >= 0.6 is 11.3 Å². The first kappa shape index (κ1) is 16.0. The van der Waals surface area contributed by atoms with E-state index in [0.717, 1.165) is 12.8 Å². The molecule has 1 saturated carbocycles. The number of esters is 1. The Labute approximate surface area is 130 Å². The van der Waals surface area contributed by atoms with E-state index in [1.165, 1.54) is 4.88 Å². The molecule has 4 nitrogen and oxygen atoms in total. The molecular weight excluding hydrogens is 286 g/mol. The standard InChI is InChI=1S/C16H23NO3S/c1-16(2,3)20-15(19)9-8-14(18)17(12-6-7-12)11-13-5-4-10-21-13/h4-5,10,12H,6-9,11H2,1-3H3. The predicted molar refractivity (Wildman–Crippen MR) is 83.0 cm³/mol. The van der Waals surface area contributed by atoms with Crippen molar-refractivity contribution in [2.45, 2.75) is 64.6 Å². The summed E-state index contributed by atoms with van der Waals surface area (Å²) < 4.78 is 5.24. The van der Waals surface area contributed by atoms with Gasteiger partial charge in [-0.2, -0.15) is 0 Å². The Morgan fingerprint density at radius 1 is 1.33 bits per heavy atom. The number of hydrogen-bond acceptors (Lipinski definition) is 4. The minimum absolute atomic E-state index is 0.0526. The molecule has 0 N–H and O–H groups in total. The second kappa shape index (κ2) is 6.60. The first-order valence-corrected chi connectivity index (χ1v) is 8.27. The maximum atomic E-state index is 12.3. The molecule has 1 aromatic rings. The molecule has 5 heteroatoms. The predicted octanol–water partition coefficient (Wildman–Crippen LogP) is 3.36. The third kappa shape index (κ3) is 5.50. The lowest BCUT2D eigenvalue weighted by atomic mass is 10.2. The second-order valence-corrected chi connectivity index (χ2v) is 7.45. The van der Waals surface area contributed by atoms with Crippen LogP contribution < -0.4 is 0 Å². The van der Waals surface area contributed by atoms with Gasteiger partial charge in [-0.1, -0.05) is 6.07 Å². The van der Waals surface area contributed by atoms with Crippen molar-refractivity contribution in [1.29, 1.82) is 0 Å². The molecule has 1 aromatic heterocycles. The Balaban J connectivity index is 1.83. The maximum Gasteiger partial charge on any atom is 0.306 e. The van der Waals surface area contributed by atoms with Gasteiger partial charge in [0, 0.05) is 17.3 Å². The molecule has 1 heterocycles. The molecule has 0 aliphatic heterocycles. The van der Waals surface area contributed by atoms with Crippen molar-refractivity contribution in [3.8, 4) is 0 Å². The average Bonchev–Trinajstić information content (AvgIpc) is 3.08. The highest BCUT2D eigenvalue weighted by atomic mass is 32.1. The Hall–Kier alpha value is -1.36. The van der Waals surface area contributed by atoms with Gasteiger partial charge in [-0.3, -0.25) is 9.59 Å². The van der Waals surface area contributed by atoms with Crippen LogP contribution in [0.3, 0.4) is 0 Å². The maximum absolute atomic E-state index is 12.3. The fraction of sp³-hybridized carbons (Fsp3) is 0.625. The number of amides is 1. The monoisotopic (exact) mass is 309 g/mol. The van der Waals surface area contributed by atoms with Crippen LogP contribution in [0.25, 0.3) is 0 Å². The molecule has 1 aliphatic rings. The van der Waals surface area contributed by atoms with E-state index in [9.17, 15) is 9.59 Å². The summed E-state index contributed by atoms with van der Waals surface area (Å²) in [4.78, 5) is 27.1. The van der Waals surface area contributed by atoms with Crippen molar-refractivity contribution in [2.75, 3.05) is 0 Å². The largest absolute Gasteiger partial charge is 0.460 e. The van der Waals surface area contributed by atoms with Crippen LogP contribution in [-0.2, 0) is 20.9 Å². The molecule has 1 aliphatic carbocycles. The quantitative estimate of drug-likeness (QED) is 0.757. The summed E-state index contributed by atoms with van der Waals surface area (Å²) in [7, 11) is 0. The minimum atomic E-state index is -0.493. The van der Waals surface area contributed by atoms with Crippen LogP contribution in [0.5, 0.6) is 0 Å². The second-order valence-electron chi connectivity index (χ2n) is 6.42. The van der Waals surface area contributed by atoms with Gasteiger partial charge in [0.15, 0.2) is 0 Å². The molecule has 21 heavy (non-hydrogen) atoms. The van der Waals surface area contributed by atoms with Gasteiger partial charge in [0.25, 0.3) is 0 Å². The summed E-state index contributed by atoms with van der Waals surface area (Å²) >= 11 is 1.66. The van der Waals surface area contributed by atoms with Crippen LogP contribution in [0, 0.1) is 0 Å². The van der Waals surface area contributed by atoms with E-state index >= 15 is 0 Å². The van der Waals surface area contributed by atoms with Gasteiger partial charge in [0.2, 0.25) is 5.91 Å². The van der Waals surface area contributed by atoms with Crippen molar-refractivity contribution in [3.05, 3.63) is 22.4 Å². The molecule has 0 unspecified atom stereocenters. The Bertz CT molecular complexity index is 486. The van der Waals surface area contributed by atoms with E-state index in [0.29, 0.717) is 12.6 Å². The zero-order valence-electron chi connectivity index (χ0n) is 12.9. The van der Waals surface area contributed by atoms with Gasteiger partial charge < -0.3 is 9.64 Å². The SMILES string of the molecule is CC(C)(C)OC(=O)CCC(=O)N(Cc1cccs1)C1CC1. The first-order chi connectivity index (χ1) is 9.85. The first-order valence-electron chi connectivity index (χ1n) is 7.39. The molecular formula is C16H23NO3S. The van der Waals surface area contributed by atoms with Crippen LogP contribution in [0.15, 0.2) is 17.5 Å². The summed E-state index contributed by atoms with van der Waals surface area (Å²) in [5.41, 5.74) is -0.493. The van der Waals surface area contributed by atoms with Crippen LogP contribution in [0.4, 0.5) is 0 Å². The molecule has 0 atom stereocenters. The van der Waals surface area contributed by atoms with E-state index in [1.54, 1.807) is 11.3 Å². The molecule has 0 radical (unpaired) electrons. The molecule has 0 aromatic carbocycles. The van der Waals surface area contributed by atoms with Gasteiger partial charge >= 0.3 is 5.97 Å². The average molecular weight is 309 g/mol. The van der Waals surface area contributed by atoms with Crippen LogP contribution in [-0.4, -0.2) is 28.4 Å². The zero-order chi connectivity index (χ0) is 15.5. The number of nitrogens with zero attached hydrogens (tertiary/aromatic N) is 1. The summed E-state index contributed by atoms with van der Waals surface area (Å²) in [6, 6.07) is 4.40. The smallest absolute Gasteiger partial charge is 0.306 e. The van der Waals surface area contributed by atoms with Gasteiger partial charge in [0.1, 0.15) is 5.60 Å². The van der Waals surface area contributed by atoms with E-state index < -0.39 is 5.60 Å². The third-order valence-corrected chi connectivity index (χ3v) is 4.04. The number of carbonyl (C=O) groups is 2. The highest BCUT2D eigenvalue weighted by Crippen LogP contribution is 2.30. The van der Waals surface area contributed by atoms with Crippen molar-refractivity contribution in [1.82, 2.24) is 4.90 Å². The summed E-state index contributed by atoms with van der Waals surface area (Å²) in [5.74, 6) is -0.250. The van der Waals surface area contributed by atoms with E-state index in [-0.39, 0.29) is 24.7 Å². The van der Waals surface area contributed by atoms with Crippen molar-refractivity contribution in [3.63, 3.8) is 0 Å². The number of thiophene rings is 1. The van der Waals surface area contributed by atoms with Gasteiger partial charge in [-0.05, 0) is 45.1 Å². The normalized spacial score (nSPS) is 14.8. The number of ether oxygens (including phenoxy) is 1. The van der Waals surface area contributed by atoms with E-state index in [2.05, 4.69) is 0 Å². The van der Waals surface area contributed by atoms with Gasteiger partial charge in [-0.15, -0.1) is 11.3 Å². The lowest BCUT2D eigenvalue weighted by Crippen LogP contribution is -2.33.